The molecule has 0 bridgehead atoms. The van der Waals surface area contributed by atoms with Gasteiger partial charge in [-0.05, 0) is 37.7 Å². The first-order valence-corrected chi connectivity index (χ1v) is 6.95. The minimum absolute atomic E-state index is 0.120. The van der Waals surface area contributed by atoms with Gasteiger partial charge >= 0.3 is 0 Å². The van der Waals surface area contributed by atoms with Crippen LogP contribution in [0.25, 0.3) is 0 Å². The quantitative estimate of drug-likeness (QED) is 0.492. The lowest BCUT2D eigenvalue weighted by atomic mass is 10.2. The number of nitrogens with zero attached hydrogens (tertiary/aromatic N) is 1. The summed E-state index contributed by atoms with van der Waals surface area (Å²) in [5, 5.41) is 0. The van der Waals surface area contributed by atoms with Crippen molar-refractivity contribution in [2.45, 2.75) is 24.7 Å². The standard InChI is InChI=1S/C14H16N2OS/c1-11(17)12-4-2-6-14(8-12)18-7-3-5-13-9-15-10-16-13/h2,4,6,8-10H,3,5,7H2,1H3,(H,15,16). The third-order valence-corrected chi connectivity index (χ3v) is 3.73. The van der Waals surface area contributed by atoms with E-state index in [0.717, 1.165) is 29.1 Å². The van der Waals surface area contributed by atoms with Crippen LogP contribution in [0.2, 0.25) is 0 Å². The molecule has 2 rings (SSSR count). The summed E-state index contributed by atoms with van der Waals surface area (Å²) in [5.41, 5.74) is 1.96. The van der Waals surface area contributed by atoms with Gasteiger partial charge in [-0.3, -0.25) is 4.79 Å². The summed E-state index contributed by atoms with van der Waals surface area (Å²) in [6, 6.07) is 7.81. The molecule has 1 aromatic heterocycles. The van der Waals surface area contributed by atoms with Gasteiger partial charge in [-0.2, -0.15) is 0 Å². The second-order valence-corrected chi connectivity index (χ2v) is 5.28. The number of ketones is 1. The molecule has 0 unspecified atom stereocenters. The van der Waals surface area contributed by atoms with E-state index in [1.54, 1.807) is 25.0 Å². The highest BCUT2D eigenvalue weighted by atomic mass is 32.2. The molecule has 0 spiro atoms. The molecule has 1 N–H and O–H groups in total. The van der Waals surface area contributed by atoms with Crippen molar-refractivity contribution in [3.05, 3.63) is 48.0 Å². The molecule has 94 valence electrons. The topological polar surface area (TPSA) is 45.8 Å². The van der Waals surface area contributed by atoms with E-state index in [2.05, 4.69) is 9.97 Å². The third-order valence-electron chi connectivity index (χ3n) is 2.65. The number of carbonyl (C=O) groups is 1. The third kappa shape index (κ3) is 3.74. The zero-order valence-electron chi connectivity index (χ0n) is 10.3. The van der Waals surface area contributed by atoms with Crippen molar-refractivity contribution in [2.24, 2.45) is 0 Å². The molecular formula is C14H16N2OS. The Labute approximate surface area is 111 Å². The van der Waals surface area contributed by atoms with Crippen LogP contribution in [0.3, 0.4) is 0 Å². The number of rotatable bonds is 6. The van der Waals surface area contributed by atoms with Gasteiger partial charge in [0.05, 0.1) is 6.33 Å². The van der Waals surface area contributed by atoms with Crippen LogP contribution < -0.4 is 0 Å². The fourth-order valence-corrected chi connectivity index (χ4v) is 2.59. The molecule has 0 aliphatic heterocycles. The highest BCUT2D eigenvalue weighted by Crippen LogP contribution is 2.20. The Morgan fingerprint density at radius 2 is 2.33 bits per heavy atom. The molecule has 0 amide bonds. The number of carbonyl (C=O) groups excluding carboxylic acids is 1. The van der Waals surface area contributed by atoms with Gasteiger partial charge in [0.25, 0.3) is 0 Å². The molecule has 0 fully saturated rings. The molecule has 0 saturated carbocycles. The Balaban J connectivity index is 1.79. The Kier molecular flexibility index (Phi) is 4.59. The molecule has 1 heterocycles. The maximum Gasteiger partial charge on any atom is 0.159 e. The SMILES string of the molecule is CC(=O)c1cccc(SCCCc2cnc[nH]2)c1. The first-order valence-electron chi connectivity index (χ1n) is 5.97. The van der Waals surface area contributed by atoms with Crippen molar-refractivity contribution < 1.29 is 4.79 Å². The average Bonchev–Trinajstić information content (AvgIpc) is 2.88. The lowest BCUT2D eigenvalue weighted by Gasteiger charge is -2.03. The molecule has 4 heteroatoms. The van der Waals surface area contributed by atoms with E-state index in [0.29, 0.717) is 0 Å². The summed E-state index contributed by atoms with van der Waals surface area (Å²) >= 11 is 1.79. The number of hydrogen-bond donors (Lipinski definition) is 1. The molecular weight excluding hydrogens is 244 g/mol. The number of aromatic amines is 1. The number of hydrogen-bond acceptors (Lipinski definition) is 3. The van der Waals surface area contributed by atoms with Gasteiger partial charge in [-0.1, -0.05) is 12.1 Å². The number of benzene rings is 1. The van der Waals surface area contributed by atoms with Crippen LogP contribution >= 0.6 is 11.8 Å². The summed E-state index contributed by atoms with van der Waals surface area (Å²) in [5.74, 6) is 1.16. The average molecular weight is 260 g/mol. The van der Waals surface area contributed by atoms with Crippen molar-refractivity contribution in [3.8, 4) is 0 Å². The Bertz CT molecular complexity index is 508. The second-order valence-electron chi connectivity index (χ2n) is 4.11. The molecule has 1 aromatic carbocycles. The number of imidazole rings is 1. The molecule has 0 aliphatic rings. The second kappa shape index (κ2) is 6.40. The van der Waals surface area contributed by atoms with Crippen LogP contribution in [0.15, 0.2) is 41.7 Å². The lowest BCUT2D eigenvalue weighted by Crippen LogP contribution is -1.92. The van der Waals surface area contributed by atoms with Crippen molar-refractivity contribution in [2.75, 3.05) is 5.75 Å². The van der Waals surface area contributed by atoms with E-state index < -0.39 is 0 Å². The van der Waals surface area contributed by atoms with Gasteiger partial charge in [-0.15, -0.1) is 11.8 Å². The van der Waals surface area contributed by atoms with Crippen molar-refractivity contribution in [3.63, 3.8) is 0 Å². The predicted molar refractivity (Wildman–Crippen MR) is 74.1 cm³/mol. The molecule has 0 saturated heterocycles. The predicted octanol–water partition coefficient (Wildman–Crippen LogP) is 3.34. The number of aryl methyl sites for hydroxylation is 1. The number of nitrogens with one attached hydrogen (secondary N) is 1. The molecule has 18 heavy (non-hydrogen) atoms. The van der Waals surface area contributed by atoms with Gasteiger partial charge in [0.2, 0.25) is 0 Å². The van der Waals surface area contributed by atoms with Crippen LogP contribution in [0.4, 0.5) is 0 Å². The molecule has 0 radical (unpaired) electrons. The van der Waals surface area contributed by atoms with E-state index in [9.17, 15) is 4.79 Å². The van der Waals surface area contributed by atoms with Crippen LogP contribution in [0.5, 0.6) is 0 Å². The molecule has 2 aromatic rings. The number of H-pyrrole nitrogens is 1. The highest BCUT2D eigenvalue weighted by Gasteiger charge is 2.01. The number of Topliss-reactive ketones (excluding diaryl/α,β-unsaturated/α-hetero) is 1. The summed E-state index contributed by atoms with van der Waals surface area (Å²) in [4.78, 5) is 19.5. The van der Waals surface area contributed by atoms with E-state index >= 15 is 0 Å². The minimum Gasteiger partial charge on any atom is -0.348 e. The summed E-state index contributed by atoms with van der Waals surface area (Å²) in [6.07, 6.45) is 5.68. The summed E-state index contributed by atoms with van der Waals surface area (Å²) in [6.45, 7) is 1.60. The van der Waals surface area contributed by atoms with Crippen LogP contribution in [0, 0.1) is 0 Å². The van der Waals surface area contributed by atoms with E-state index in [4.69, 9.17) is 0 Å². The smallest absolute Gasteiger partial charge is 0.159 e. The van der Waals surface area contributed by atoms with Gasteiger partial charge < -0.3 is 4.98 Å². The molecule has 0 aliphatic carbocycles. The van der Waals surface area contributed by atoms with Gasteiger partial charge in [0, 0.05) is 22.3 Å². The van der Waals surface area contributed by atoms with Crippen molar-refractivity contribution in [1.82, 2.24) is 9.97 Å². The maximum atomic E-state index is 11.3. The van der Waals surface area contributed by atoms with Gasteiger partial charge in [0.15, 0.2) is 5.78 Å². The zero-order chi connectivity index (χ0) is 12.8. The summed E-state index contributed by atoms with van der Waals surface area (Å²) in [7, 11) is 0. The highest BCUT2D eigenvalue weighted by molar-refractivity contribution is 7.99. The van der Waals surface area contributed by atoms with Crippen molar-refractivity contribution in [1.29, 1.82) is 0 Å². The normalized spacial score (nSPS) is 10.5. The lowest BCUT2D eigenvalue weighted by molar-refractivity contribution is 0.101. The zero-order valence-corrected chi connectivity index (χ0v) is 11.2. The van der Waals surface area contributed by atoms with Crippen molar-refractivity contribution >= 4 is 17.5 Å². The summed E-state index contributed by atoms with van der Waals surface area (Å²) < 4.78 is 0. The molecule has 0 atom stereocenters. The monoisotopic (exact) mass is 260 g/mol. The minimum atomic E-state index is 0.120. The largest absolute Gasteiger partial charge is 0.348 e. The molecule has 3 nitrogen and oxygen atoms in total. The number of aromatic nitrogens is 2. The number of thioether (sulfide) groups is 1. The van der Waals surface area contributed by atoms with Gasteiger partial charge in [-0.25, -0.2) is 4.98 Å². The Morgan fingerprint density at radius 1 is 1.44 bits per heavy atom. The fourth-order valence-electron chi connectivity index (χ4n) is 1.68. The van der Waals surface area contributed by atoms with E-state index in [1.165, 1.54) is 5.69 Å². The van der Waals surface area contributed by atoms with Gasteiger partial charge in [0.1, 0.15) is 0 Å². The van der Waals surface area contributed by atoms with E-state index in [1.807, 2.05) is 30.5 Å². The van der Waals surface area contributed by atoms with E-state index in [-0.39, 0.29) is 5.78 Å². The Morgan fingerprint density at radius 3 is 3.06 bits per heavy atom. The maximum absolute atomic E-state index is 11.3. The first kappa shape index (κ1) is 12.9. The van der Waals surface area contributed by atoms with Crippen LogP contribution in [-0.2, 0) is 6.42 Å². The van der Waals surface area contributed by atoms with Crippen LogP contribution in [0.1, 0.15) is 29.4 Å². The fraction of sp³-hybridized carbons (Fsp3) is 0.286. The Hall–Kier alpha value is -1.55. The van der Waals surface area contributed by atoms with Crippen LogP contribution in [-0.4, -0.2) is 21.5 Å². The first-order chi connectivity index (χ1) is 8.75.